The average molecular weight is 248 g/mol. The second kappa shape index (κ2) is 4.02. The normalized spacial score (nSPS) is 12.4. The summed E-state index contributed by atoms with van der Waals surface area (Å²) >= 11 is 0. The molecule has 1 aromatic rings. The molecule has 0 aliphatic rings. The second-order valence-corrected chi connectivity index (χ2v) is 2.29. The van der Waals surface area contributed by atoms with Gasteiger partial charge in [0.1, 0.15) is 0 Å². The lowest BCUT2D eigenvalue weighted by Gasteiger charge is -2.09. The van der Waals surface area contributed by atoms with Gasteiger partial charge in [0.2, 0.25) is 11.8 Å². The Morgan fingerprint density at radius 1 is 0.750 bits per heavy atom. The molecule has 0 bridgehead atoms. The number of nitrogens with zero attached hydrogens (tertiary/aromatic N) is 2. The van der Waals surface area contributed by atoms with E-state index >= 15 is 0 Å². The lowest BCUT2D eigenvalue weighted by atomic mass is 10.7. The SMILES string of the molecule is FC(F)(F)Oc1cnc(OC(F)(F)F)cn1. The van der Waals surface area contributed by atoms with Crippen LogP contribution in [-0.4, -0.2) is 22.7 Å². The maximum Gasteiger partial charge on any atom is 0.574 e. The van der Waals surface area contributed by atoms with Crippen molar-refractivity contribution in [2.75, 3.05) is 0 Å². The van der Waals surface area contributed by atoms with E-state index in [0.717, 1.165) is 0 Å². The zero-order valence-electron chi connectivity index (χ0n) is 7.13. The first-order chi connectivity index (χ1) is 7.16. The van der Waals surface area contributed by atoms with Crippen LogP contribution in [0, 0.1) is 0 Å². The number of halogens is 6. The van der Waals surface area contributed by atoms with Gasteiger partial charge < -0.3 is 9.47 Å². The summed E-state index contributed by atoms with van der Waals surface area (Å²) in [6, 6.07) is 0. The summed E-state index contributed by atoms with van der Waals surface area (Å²) in [6.07, 6.45) is -9.26. The van der Waals surface area contributed by atoms with Crippen LogP contribution in [0.4, 0.5) is 26.3 Å². The maximum absolute atomic E-state index is 11.6. The number of hydrogen-bond donors (Lipinski definition) is 0. The molecule has 0 unspecified atom stereocenters. The highest BCUT2D eigenvalue weighted by Crippen LogP contribution is 2.23. The molecule has 0 saturated carbocycles. The van der Waals surface area contributed by atoms with E-state index in [0.29, 0.717) is 12.4 Å². The summed E-state index contributed by atoms with van der Waals surface area (Å²) < 4.78 is 76.2. The van der Waals surface area contributed by atoms with Gasteiger partial charge in [-0.1, -0.05) is 0 Å². The van der Waals surface area contributed by atoms with E-state index in [1.54, 1.807) is 0 Å². The van der Waals surface area contributed by atoms with Crippen molar-refractivity contribution in [3.63, 3.8) is 0 Å². The fourth-order valence-corrected chi connectivity index (χ4v) is 0.647. The van der Waals surface area contributed by atoms with Crippen molar-refractivity contribution in [3.05, 3.63) is 12.4 Å². The summed E-state index contributed by atoms with van der Waals surface area (Å²) in [4.78, 5) is 5.84. The number of alkyl halides is 6. The maximum atomic E-state index is 11.6. The highest BCUT2D eigenvalue weighted by Gasteiger charge is 2.33. The van der Waals surface area contributed by atoms with Crippen LogP contribution in [0.15, 0.2) is 12.4 Å². The smallest absolute Gasteiger partial charge is 0.386 e. The summed E-state index contributed by atoms with van der Waals surface area (Å²) in [7, 11) is 0. The van der Waals surface area contributed by atoms with E-state index < -0.39 is 24.5 Å². The zero-order chi connectivity index (χ0) is 12.4. The molecular weight excluding hydrogens is 246 g/mol. The molecule has 0 aliphatic carbocycles. The lowest BCUT2D eigenvalue weighted by Crippen LogP contribution is -2.19. The molecule has 0 amide bonds. The molecule has 0 saturated heterocycles. The minimum Gasteiger partial charge on any atom is -0.386 e. The summed E-state index contributed by atoms with van der Waals surface area (Å²) in [5, 5.41) is 0. The van der Waals surface area contributed by atoms with Crippen LogP contribution in [0.25, 0.3) is 0 Å². The topological polar surface area (TPSA) is 44.2 Å². The molecular formula is C6H2F6N2O2. The van der Waals surface area contributed by atoms with E-state index in [-0.39, 0.29) is 0 Å². The van der Waals surface area contributed by atoms with Crippen molar-refractivity contribution in [2.24, 2.45) is 0 Å². The quantitative estimate of drug-likeness (QED) is 0.753. The standard InChI is InChI=1S/C6H2F6N2O2/c7-5(8,9)15-3-1-13-4(2-14-3)16-6(10,11)12/h1-2H. The van der Waals surface area contributed by atoms with Crippen molar-refractivity contribution in [1.82, 2.24) is 9.97 Å². The fourth-order valence-electron chi connectivity index (χ4n) is 0.647. The molecule has 1 rings (SSSR count). The summed E-state index contributed by atoms with van der Waals surface area (Å²) in [5.74, 6) is -1.97. The van der Waals surface area contributed by atoms with Crippen LogP contribution < -0.4 is 9.47 Å². The molecule has 0 fully saturated rings. The third-order valence-electron chi connectivity index (χ3n) is 1.05. The van der Waals surface area contributed by atoms with E-state index in [9.17, 15) is 26.3 Å². The number of ether oxygens (including phenoxy) is 2. The largest absolute Gasteiger partial charge is 0.574 e. The van der Waals surface area contributed by atoms with Crippen LogP contribution in [-0.2, 0) is 0 Å². The van der Waals surface area contributed by atoms with Gasteiger partial charge in [0.25, 0.3) is 0 Å². The molecule has 4 nitrogen and oxygen atoms in total. The van der Waals surface area contributed by atoms with Crippen LogP contribution in [0.3, 0.4) is 0 Å². The van der Waals surface area contributed by atoms with Gasteiger partial charge in [0, 0.05) is 0 Å². The Hall–Kier alpha value is -1.74. The minimum atomic E-state index is -4.99. The Morgan fingerprint density at radius 2 is 1.06 bits per heavy atom. The molecule has 1 heterocycles. The van der Waals surface area contributed by atoms with Crippen LogP contribution in [0.1, 0.15) is 0 Å². The third-order valence-corrected chi connectivity index (χ3v) is 1.05. The zero-order valence-corrected chi connectivity index (χ0v) is 7.13. The molecule has 0 spiro atoms. The van der Waals surface area contributed by atoms with Crippen LogP contribution >= 0.6 is 0 Å². The monoisotopic (exact) mass is 248 g/mol. The molecule has 0 aliphatic heterocycles. The van der Waals surface area contributed by atoms with E-state index in [4.69, 9.17) is 0 Å². The highest BCUT2D eigenvalue weighted by molar-refractivity contribution is 5.11. The van der Waals surface area contributed by atoms with Crippen LogP contribution in [0.5, 0.6) is 11.8 Å². The Labute approximate surface area is 83.8 Å². The summed E-state index contributed by atoms with van der Waals surface area (Å²) in [6.45, 7) is 0. The van der Waals surface area contributed by atoms with Crippen molar-refractivity contribution in [1.29, 1.82) is 0 Å². The van der Waals surface area contributed by atoms with Crippen molar-refractivity contribution in [3.8, 4) is 11.8 Å². The van der Waals surface area contributed by atoms with Crippen molar-refractivity contribution in [2.45, 2.75) is 12.7 Å². The number of rotatable bonds is 2. The first kappa shape index (κ1) is 12.3. The molecule has 16 heavy (non-hydrogen) atoms. The predicted octanol–water partition coefficient (Wildman–Crippen LogP) is 2.27. The summed E-state index contributed by atoms with van der Waals surface area (Å²) in [5.41, 5.74) is 0. The van der Waals surface area contributed by atoms with Crippen molar-refractivity contribution < 1.29 is 35.8 Å². The first-order valence-corrected chi connectivity index (χ1v) is 3.49. The van der Waals surface area contributed by atoms with Gasteiger partial charge in [0.15, 0.2) is 0 Å². The highest BCUT2D eigenvalue weighted by atomic mass is 19.4. The van der Waals surface area contributed by atoms with Gasteiger partial charge in [-0.25, -0.2) is 9.97 Å². The van der Waals surface area contributed by atoms with Gasteiger partial charge in [-0.2, -0.15) is 0 Å². The first-order valence-electron chi connectivity index (χ1n) is 3.49. The Kier molecular flexibility index (Phi) is 3.10. The van der Waals surface area contributed by atoms with E-state index in [1.165, 1.54) is 0 Å². The molecule has 0 N–H and O–H groups in total. The number of hydrogen-bond acceptors (Lipinski definition) is 4. The van der Waals surface area contributed by atoms with Gasteiger partial charge >= 0.3 is 12.7 Å². The Balaban J connectivity index is 2.69. The third kappa shape index (κ3) is 4.66. The van der Waals surface area contributed by atoms with Gasteiger partial charge in [-0.15, -0.1) is 26.3 Å². The second-order valence-electron chi connectivity index (χ2n) is 2.29. The van der Waals surface area contributed by atoms with Crippen LogP contribution in [0.2, 0.25) is 0 Å². The Bertz CT molecular complexity index is 311. The molecule has 1 aromatic heterocycles. The molecule has 0 radical (unpaired) electrons. The molecule has 0 aromatic carbocycles. The van der Waals surface area contributed by atoms with Gasteiger partial charge in [-0.05, 0) is 0 Å². The molecule has 0 atom stereocenters. The predicted molar refractivity (Wildman–Crippen MR) is 35.4 cm³/mol. The molecule has 90 valence electrons. The van der Waals surface area contributed by atoms with E-state index in [1.807, 2.05) is 0 Å². The van der Waals surface area contributed by atoms with E-state index in [2.05, 4.69) is 19.4 Å². The van der Waals surface area contributed by atoms with Gasteiger partial charge in [-0.3, -0.25) is 0 Å². The lowest BCUT2D eigenvalue weighted by molar-refractivity contribution is -0.279. The minimum absolute atomic E-state index is 0.356. The average Bonchev–Trinajstić information content (AvgIpc) is 2.03. The fraction of sp³-hybridized carbons (Fsp3) is 0.333. The Morgan fingerprint density at radius 3 is 1.25 bits per heavy atom. The molecule has 10 heteroatoms. The van der Waals surface area contributed by atoms with Gasteiger partial charge in [0.05, 0.1) is 12.4 Å². The number of aromatic nitrogens is 2. The van der Waals surface area contributed by atoms with Crippen molar-refractivity contribution >= 4 is 0 Å².